The van der Waals surface area contributed by atoms with Crippen molar-refractivity contribution < 1.29 is 27.8 Å². The Hall–Kier alpha value is -2.22. The molecular formula is C19H25F3N2O3. The van der Waals surface area contributed by atoms with Crippen LogP contribution >= 0.6 is 0 Å². The smallest absolute Gasteiger partial charge is 0.438 e. The van der Waals surface area contributed by atoms with Crippen molar-refractivity contribution in [3.05, 3.63) is 41.6 Å². The highest BCUT2D eigenvalue weighted by atomic mass is 19.4. The Balaban J connectivity index is 2.11. The van der Waals surface area contributed by atoms with E-state index in [2.05, 4.69) is 5.43 Å². The van der Waals surface area contributed by atoms with Crippen molar-refractivity contribution in [2.75, 3.05) is 6.61 Å². The van der Waals surface area contributed by atoms with Crippen LogP contribution in [-0.2, 0) is 4.79 Å². The Labute approximate surface area is 156 Å². The number of nitrogens with one attached hydrogen (secondary N) is 1. The van der Waals surface area contributed by atoms with Gasteiger partial charge in [-0.3, -0.25) is 10.2 Å². The molecule has 1 fully saturated rings. The van der Waals surface area contributed by atoms with Crippen LogP contribution in [0.1, 0.15) is 44.6 Å². The van der Waals surface area contributed by atoms with Crippen molar-refractivity contribution in [2.45, 2.75) is 57.9 Å². The van der Waals surface area contributed by atoms with Gasteiger partial charge in [0.15, 0.2) is 6.61 Å². The number of hydrogen-bond acceptors (Lipinski definition) is 4. The maximum atomic E-state index is 13.4. The number of benzene rings is 1. The highest BCUT2D eigenvalue weighted by molar-refractivity contribution is 5.78. The number of ether oxygens (including phenoxy) is 1. The number of carbonyl (C=O) groups is 1. The third-order valence-electron chi connectivity index (χ3n) is 4.41. The van der Waals surface area contributed by atoms with E-state index in [1.165, 1.54) is 0 Å². The van der Waals surface area contributed by atoms with E-state index < -0.39 is 30.8 Å². The fourth-order valence-corrected chi connectivity index (χ4v) is 2.83. The SMILES string of the molecule is CCCCCC=C1CC(O)(C(F)(F)F)N(C(=O)COc2ccccc2C)N1. The lowest BCUT2D eigenvalue weighted by atomic mass is 10.1. The van der Waals surface area contributed by atoms with E-state index in [9.17, 15) is 23.1 Å². The Kier molecular flexibility index (Phi) is 6.75. The molecule has 1 aromatic rings. The number of unbranched alkanes of at least 4 members (excludes halogenated alkanes) is 3. The van der Waals surface area contributed by atoms with Gasteiger partial charge < -0.3 is 9.84 Å². The standard InChI is InChI=1S/C19H25F3N2O3/c1-3-4-5-6-10-15-12-18(26,19(20,21)22)24(23-15)17(25)13-27-16-11-8-7-9-14(16)2/h7-11,23,26H,3-6,12-13H2,1-2H3. The molecule has 0 aromatic heterocycles. The summed E-state index contributed by atoms with van der Waals surface area (Å²) in [4.78, 5) is 12.4. The van der Waals surface area contributed by atoms with Crippen LogP contribution in [0.5, 0.6) is 5.75 Å². The number of aliphatic hydroxyl groups is 1. The van der Waals surface area contributed by atoms with Crippen LogP contribution in [0.4, 0.5) is 13.2 Å². The van der Waals surface area contributed by atoms with Gasteiger partial charge in [-0.05, 0) is 31.4 Å². The molecule has 0 aliphatic carbocycles. The molecule has 1 aromatic carbocycles. The highest BCUT2D eigenvalue weighted by Gasteiger charge is 2.63. The zero-order chi connectivity index (χ0) is 20.1. The summed E-state index contributed by atoms with van der Waals surface area (Å²) in [7, 11) is 0. The number of para-hydroxylation sites is 1. The van der Waals surface area contributed by atoms with Crippen LogP contribution in [0.3, 0.4) is 0 Å². The summed E-state index contributed by atoms with van der Waals surface area (Å²) in [6.45, 7) is 3.16. The van der Waals surface area contributed by atoms with Crippen molar-refractivity contribution in [3.8, 4) is 5.75 Å². The third-order valence-corrected chi connectivity index (χ3v) is 4.41. The number of hydrazine groups is 1. The van der Waals surface area contributed by atoms with Crippen molar-refractivity contribution in [1.82, 2.24) is 10.4 Å². The minimum atomic E-state index is -5.00. The highest BCUT2D eigenvalue weighted by Crippen LogP contribution is 2.41. The molecule has 1 heterocycles. The van der Waals surface area contributed by atoms with Gasteiger partial charge in [-0.2, -0.15) is 13.2 Å². The van der Waals surface area contributed by atoms with Gasteiger partial charge in [0.1, 0.15) is 5.75 Å². The molecule has 2 N–H and O–H groups in total. The molecule has 1 atom stereocenters. The number of alkyl halides is 3. The molecule has 0 radical (unpaired) electrons. The van der Waals surface area contributed by atoms with Crippen LogP contribution < -0.4 is 10.2 Å². The number of halogens is 3. The van der Waals surface area contributed by atoms with E-state index in [0.29, 0.717) is 12.2 Å². The quantitative estimate of drug-likeness (QED) is 0.700. The summed E-state index contributed by atoms with van der Waals surface area (Å²) < 4.78 is 45.7. The Morgan fingerprint density at radius 1 is 1.37 bits per heavy atom. The van der Waals surface area contributed by atoms with Crippen LogP contribution in [0.15, 0.2) is 36.0 Å². The summed E-state index contributed by atoms with van der Waals surface area (Å²) >= 11 is 0. The molecule has 0 spiro atoms. The topological polar surface area (TPSA) is 61.8 Å². The van der Waals surface area contributed by atoms with E-state index in [1.54, 1.807) is 37.3 Å². The number of rotatable bonds is 7. The number of amides is 1. The summed E-state index contributed by atoms with van der Waals surface area (Å²) in [5, 5.41) is 10.4. The lowest BCUT2D eigenvalue weighted by Gasteiger charge is -2.33. The monoisotopic (exact) mass is 386 g/mol. The van der Waals surface area contributed by atoms with Gasteiger partial charge in [0.2, 0.25) is 0 Å². The van der Waals surface area contributed by atoms with Gasteiger partial charge in [0, 0.05) is 12.1 Å². The van der Waals surface area contributed by atoms with E-state index in [4.69, 9.17) is 4.74 Å². The maximum absolute atomic E-state index is 13.4. The minimum absolute atomic E-state index is 0.176. The van der Waals surface area contributed by atoms with Crippen LogP contribution in [0.2, 0.25) is 0 Å². The Bertz CT molecular complexity index is 691. The zero-order valence-electron chi connectivity index (χ0n) is 15.5. The number of carbonyl (C=O) groups excluding carboxylic acids is 1. The fourth-order valence-electron chi connectivity index (χ4n) is 2.83. The van der Waals surface area contributed by atoms with E-state index in [1.807, 2.05) is 6.92 Å². The number of hydrogen-bond donors (Lipinski definition) is 2. The number of nitrogens with zero attached hydrogens (tertiary/aromatic N) is 1. The van der Waals surface area contributed by atoms with Gasteiger partial charge in [-0.15, -0.1) is 0 Å². The van der Waals surface area contributed by atoms with Crippen molar-refractivity contribution >= 4 is 5.91 Å². The predicted octanol–water partition coefficient (Wildman–Crippen LogP) is 3.83. The summed E-state index contributed by atoms with van der Waals surface area (Å²) in [6, 6.07) is 6.86. The van der Waals surface area contributed by atoms with Crippen molar-refractivity contribution in [1.29, 1.82) is 0 Å². The first kappa shape index (κ1) is 21.1. The molecule has 1 saturated heterocycles. The molecule has 2 rings (SSSR count). The Morgan fingerprint density at radius 2 is 2.07 bits per heavy atom. The van der Waals surface area contributed by atoms with E-state index >= 15 is 0 Å². The van der Waals surface area contributed by atoms with Crippen LogP contribution in [0.25, 0.3) is 0 Å². The molecule has 1 amide bonds. The summed E-state index contributed by atoms with van der Waals surface area (Å²) in [5.74, 6) is -0.606. The second-order valence-electron chi connectivity index (χ2n) is 6.61. The summed E-state index contributed by atoms with van der Waals surface area (Å²) in [6.07, 6.45) is -0.773. The molecule has 8 heteroatoms. The Morgan fingerprint density at radius 3 is 2.70 bits per heavy atom. The van der Waals surface area contributed by atoms with Gasteiger partial charge in [0.25, 0.3) is 11.6 Å². The second kappa shape index (κ2) is 8.65. The average Bonchev–Trinajstić information content (AvgIpc) is 2.96. The predicted molar refractivity (Wildman–Crippen MR) is 94.5 cm³/mol. The maximum Gasteiger partial charge on any atom is 0.438 e. The van der Waals surface area contributed by atoms with Crippen LogP contribution in [0, 0.1) is 6.92 Å². The largest absolute Gasteiger partial charge is 0.483 e. The molecule has 5 nitrogen and oxygen atoms in total. The van der Waals surface area contributed by atoms with Gasteiger partial charge in [-0.25, -0.2) is 5.01 Å². The lowest BCUT2D eigenvalue weighted by molar-refractivity contribution is -0.304. The number of allylic oxidation sites excluding steroid dienone is 1. The van der Waals surface area contributed by atoms with Gasteiger partial charge in [-0.1, -0.05) is 44.0 Å². The molecule has 1 unspecified atom stereocenters. The van der Waals surface area contributed by atoms with Crippen molar-refractivity contribution in [2.24, 2.45) is 0 Å². The van der Waals surface area contributed by atoms with E-state index in [0.717, 1.165) is 24.8 Å². The lowest BCUT2D eigenvalue weighted by Crippen LogP contribution is -2.60. The molecular weight excluding hydrogens is 361 g/mol. The fraction of sp³-hybridized carbons (Fsp3) is 0.526. The third kappa shape index (κ3) is 4.94. The van der Waals surface area contributed by atoms with Gasteiger partial charge >= 0.3 is 6.18 Å². The first-order valence-electron chi connectivity index (χ1n) is 8.95. The van der Waals surface area contributed by atoms with Gasteiger partial charge in [0.05, 0.1) is 0 Å². The number of aryl methyl sites for hydroxylation is 1. The zero-order valence-corrected chi connectivity index (χ0v) is 15.5. The molecule has 27 heavy (non-hydrogen) atoms. The normalized spacial score (nSPS) is 21.4. The summed E-state index contributed by atoms with van der Waals surface area (Å²) in [5.41, 5.74) is 0.0429. The molecule has 1 aliphatic rings. The average molecular weight is 386 g/mol. The first-order valence-corrected chi connectivity index (χ1v) is 8.95. The first-order chi connectivity index (χ1) is 12.7. The van der Waals surface area contributed by atoms with Crippen molar-refractivity contribution in [3.63, 3.8) is 0 Å². The molecule has 1 aliphatic heterocycles. The second-order valence-corrected chi connectivity index (χ2v) is 6.61. The molecule has 0 bridgehead atoms. The molecule has 150 valence electrons. The molecule has 0 saturated carbocycles. The minimum Gasteiger partial charge on any atom is -0.483 e. The van der Waals surface area contributed by atoms with Crippen LogP contribution in [-0.4, -0.2) is 34.5 Å². The van der Waals surface area contributed by atoms with E-state index in [-0.39, 0.29) is 10.7 Å².